The van der Waals surface area contributed by atoms with Crippen LogP contribution >= 0.6 is 11.6 Å². The van der Waals surface area contributed by atoms with E-state index in [1.807, 2.05) is 18.7 Å². The zero-order valence-electron chi connectivity index (χ0n) is 11.9. The zero-order valence-corrected chi connectivity index (χ0v) is 12.6. The van der Waals surface area contributed by atoms with Crippen LogP contribution in [0.15, 0.2) is 0 Å². The first-order valence-corrected chi connectivity index (χ1v) is 7.60. The topological polar surface area (TPSA) is 38.8 Å². The van der Waals surface area contributed by atoms with E-state index in [1.54, 1.807) is 0 Å². The Balaban J connectivity index is 2.00. The lowest BCUT2D eigenvalue weighted by molar-refractivity contribution is -0.148. The molecule has 2 aliphatic rings. The van der Waals surface area contributed by atoms with Crippen LogP contribution in [0, 0.1) is 11.3 Å². The molecule has 0 saturated carbocycles. The minimum atomic E-state index is -0.497. The third-order valence-corrected chi connectivity index (χ3v) is 4.70. The summed E-state index contributed by atoms with van der Waals surface area (Å²) in [5, 5.41) is 0. The summed E-state index contributed by atoms with van der Waals surface area (Å²) >= 11 is 5.93. The Bertz CT molecular complexity index is 316. The Kier molecular flexibility index (Phi) is 5.09. The molecule has 2 fully saturated rings. The summed E-state index contributed by atoms with van der Waals surface area (Å²) in [6, 6.07) is 0.176. The van der Waals surface area contributed by atoms with Crippen molar-refractivity contribution in [1.29, 1.82) is 0 Å². The fourth-order valence-corrected chi connectivity index (χ4v) is 2.83. The van der Waals surface area contributed by atoms with Gasteiger partial charge in [-0.15, -0.1) is 11.6 Å². The SMILES string of the molecule is CC(C)(CCl)C(=O)N1CCOCC1CC1CCOC1. The molecule has 2 rings (SSSR count). The molecule has 2 saturated heterocycles. The molecular weight excluding hydrogens is 266 g/mol. The van der Waals surface area contributed by atoms with Crippen LogP contribution in [-0.4, -0.2) is 55.7 Å². The molecule has 4 nitrogen and oxygen atoms in total. The quantitative estimate of drug-likeness (QED) is 0.742. The molecule has 2 aliphatic heterocycles. The van der Waals surface area contributed by atoms with Gasteiger partial charge < -0.3 is 14.4 Å². The first-order chi connectivity index (χ1) is 9.04. The van der Waals surface area contributed by atoms with E-state index in [2.05, 4.69) is 0 Å². The zero-order chi connectivity index (χ0) is 13.9. The molecule has 0 bridgehead atoms. The number of morpholine rings is 1. The number of hydrogen-bond acceptors (Lipinski definition) is 3. The van der Waals surface area contributed by atoms with Crippen LogP contribution in [0.5, 0.6) is 0 Å². The van der Waals surface area contributed by atoms with Crippen molar-refractivity contribution >= 4 is 17.5 Å². The monoisotopic (exact) mass is 289 g/mol. The standard InChI is InChI=1S/C14H24ClNO3/c1-14(2,10-15)13(17)16-4-6-19-9-12(16)7-11-3-5-18-8-11/h11-12H,3-10H2,1-2H3. The van der Waals surface area contributed by atoms with E-state index in [9.17, 15) is 4.79 Å². The Morgan fingerprint density at radius 2 is 2.05 bits per heavy atom. The van der Waals surface area contributed by atoms with Gasteiger partial charge in [0.2, 0.25) is 5.91 Å². The molecule has 0 N–H and O–H groups in total. The summed E-state index contributed by atoms with van der Waals surface area (Å²) in [5.41, 5.74) is -0.497. The molecule has 0 aliphatic carbocycles. The lowest BCUT2D eigenvalue weighted by Gasteiger charge is -2.40. The van der Waals surface area contributed by atoms with E-state index >= 15 is 0 Å². The average Bonchev–Trinajstić information content (AvgIpc) is 2.91. The van der Waals surface area contributed by atoms with Gasteiger partial charge in [-0.1, -0.05) is 0 Å². The van der Waals surface area contributed by atoms with Crippen LogP contribution < -0.4 is 0 Å². The van der Waals surface area contributed by atoms with E-state index in [-0.39, 0.29) is 11.9 Å². The molecular formula is C14H24ClNO3. The number of ether oxygens (including phenoxy) is 2. The fraction of sp³-hybridized carbons (Fsp3) is 0.929. The van der Waals surface area contributed by atoms with E-state index in [4.69, 9.17) is 21.1 Å². The van der Waals surface area contributed by atoms with Gasteiger partial charge in [0.1, 0.15) is 0 Å². The van der Waals surface area contributed by atoms with Crippen LogP contribution in [0.1, 0.15) is 26.7 Å². The Hall–Kier alpha value is -0.320. The highest BCUT2D eigenvalue weighted by Gasteiger charge is 2.37. The maximum atomic E-state index is 12.6. The second-order valence-corrected chi connectivity index (χ2v) is 6.48. The molecule has 110 valence electrons. The second-order valence-electron chi connectivity index (χ2n) is 6.21. The highest BCUT2D eigenvalue weighted by molar-refractivity contribution is 6.19. The number of halogens is 1. The van der Waals surface area contributed by atoms with Crippen LogP contribution in [-0.2, 0) is 14.3 Å². The smallest absolute Gasteiger partial charge is 0.229 e. The Morgan fingerprint density at radius 3 is 2.68 bits per heavy atom. The van der Waals surface area contributed by atoms with Gasteiger partial charge in [-0.25, -0.2) is 0 Å². The predicted molar refractivity (Wildman–Crippen MR) is 74.4 cm³/mol. The third kappa shape index (κ3) is 3.61. The first-order valence-electron chi connectivity index (χ1n) is 7.07. The largest absolute Gasteiger partial charge is 0.381 e. The van der Waals surface area contributed by atoms with E-state index in [0.29, 0.717) is 31.6 Å². The van der Waals surface area contributed by atoms with Gasteiger partial charge in [-0.05, 0) is 32.6 Å². The molecule has 19 heavy (non-hydrogen) atoms. The maximum absolute atomic E-state index is 12.6. The molecule has 0 aromatic rings. The Morgan fingerprint density at radius 1 is 1.32 bits per heavy atom. The minimum absolute atomic E-state index is 0.148. The second kappa shape index (κ2) is 6.42. The van der Waals surface area contributed by atoms with Gasteiger partial charge in [-0.3, -0.25) is 4.79 Å². The van der Waals surface area contributed by atoms with Gasteiger partial charge in [0.05, 0.1) is 24.7 Å². The summed E-state index contributed by atoms with van der Waals surface area (Å²) in [4.78, 5) is 14.6. The number of alkyl halides is 1. The average molecular weight is 290 g/mol. The van der Waals surface area contributed by atoms with Gasteiger partial charge in [-0.2, -0.15) is 0 Å². The summed E-state index contributed by atoms with van der Waals surface area (Å²) in [5.74, 6) is 1.05. The van der Waals surface area contributed by atoms with Crippen molar-refractivity contribution in [2.24, 2.45) is 11.3 Å². The molecule has 2 heterocycles. The predicted octanol–water partition coefficient (Wildman–Crippen LogP) is 1.91. The lowest BCUT2D eigenvalue weighted by Crippen LogP contribution is -2.53. The van der Waals surface area contributed by atoms with Crippen molar-refractivity contribution in [3.63, 3.8) is 0 Å². The van der Waals surface area contributed by atoms with Crippen molar-refractivity contribution in [1.82, 2.24) is 4.90 Å². The van der Waals surface area contributed by atoms with Gasteiger partial charge >= 0.3 is 0 Å². The molecule has 5 heteroatoms. The van der Waals surface area contributed by atoms with Gasteiger partial charge in [0.25, 0.3) is 0 Å². The number of hydrogen-bond donors (Lipinski definition) is 0. The van der Waals surface area contributed by atoms with E-state index in [1.165, 1.54) is 0 Å². The van der Waals surface area contributed by atoms with Crippen molar-refractivity contribution in [3.8, 4) is 0 Å². The van der Waals surface area contributed by atoms with Crippen molar-refractivity contribution < 1.29 is 14.3 Å². The highest BCUT2D eigenvalue weighted by Crippen LogP contribution is 2.27. The van der Waals surface area contributed by atoms with Crippen molar-refractivity contribution in [3.05, 3.63) is 0 Å². The number of nitrogens with zero attached hydrogens (tertiary/aromatic N) is 1. The van der Waals surface area contributed by atoms with Crippen molar-refractivity contribution in [2.75, 3.05) is 38.9 Å². The van der Waals surface area contributed by atoms with Gasteiger partial charge in [0.15, 0.2) is 0 Å². The molecule has 0 aromatic heterocycles. The van der Waals surface area contributed by atoms with Crippen LogP contribution in [0.2, 0.25) is 0 Å². The maximum Gasteiger partial charge on any atom is 0.229 e. The highest BCUT2D eigenvalue weighted by atomic mass is 35.5. The summed E-state index contributed by atoms with van der Waals surface area (Å²) < 4.78 is 11.0. The molecule has 2 unspecified atom stereocenters. The Labute approximate surface area is 120 Å². The summed E-state index contributed by atoms with van der Waals surface area (Å²) in [6.07, 6.45) is 2.07. The molecule has 1 amide bonds. The van der Waals surface area contributed by atoms with Crippen LogP contribution in [0.25, 0.3) is 0 Å². The molecule has 2 atom stereocenters. The number of carbonyl (C=O) groups is 1. The first kappa shape index (κ1) is 15.1. The lowest BCUT2D eigenvalue weighted by atomic mass is 9.91. The minimum Gasteiger partial charge on any atom is -0.381 e. The number of amides is 1. The number of rotatable bonds is 4. The third-order valence-electron chi connectivity index (χ3n) is 4.03. The normalized spacial score (nSPS) is 28.7. The fourth-order valence-electron chi connectivity index (χ4n) is 2.72. The van der Waals surface area contributed by atoms with Crippen LogP contribution in [0.3, 0.4) is 0 Å². The summed E-state index contributed by atoms with van der Waals surface area (Å²) in [7, 11) is 0. The molecule has 0 radical (unpaired) electrons. The van der Waals surface area contributed by atoms with Crippen LogP contribution in [0.4, 0.5) is 0 Å². The van der Waals surface area contributed by atoms with Gasteiger partial charge in [0, 0.05) is 25.6 Å². The number of carbonyl (C=O) groups excluding carboxylic acids is 1. The van der Waals surface area contributed by atoms with E-state index in [0.717, 1.165) is 26.1 Å². The van der Waals surface area contributed by atoms with Crippen molar-refractivity contribution in [2.45, 2.75) is 32.7 Å². The molecule has 0 spiro atoms. The summed E-state index contributed by atoms with van der Waals surface area (Å²) in [6.45, 7) is 7.43. The molecule has 0 aromatic carbocycles. The van der Waals surface area contributed by atoms with E-state index < -0.39 is 5.41 Å².